The molecule has 2 N–H and O–H groups in total. The Balaban J connectivity index is 2.62. The average molecular weight is 202 g/mol. The molecule has 0 fully saturated rings. The third-order valence-electron chi connectivity index (χ3n) is 2.46. The second-order valence-electron chi connectivity index (χ2n) is 3.89. The number of hydrogen-bond acceptors (Lipinski definition) is 3. The molecule has 1 aromatic heterocycles. The van der Waals surface area contributed by atoms with Crippen LogP contribution in [0, 0.1) is 20.8 Å². The zero-order valence-electron chi connectivity index (χ0n) is 9.16. The van der Waals surface area contributed by atoms with Gasteiger partial charge in [0.15, 0.2) is 0 Å². The van der Waals surface area contributed by atoms with Crippen molar-refractivity contribution in [3.63, 3.8) is 0 Å². The van der Waals surface area contributed by atoms with E-state index < -0.39 is 0 Å². The van der Waals surface area contributed by atoms with Crippen molar-refractivity contribution >= 4 is 5.88 Å². The van der Waals surface area contributed by atoms with E-state index in [0.29, 0.717) is 5.88 Å². The van der Waals surface area contributed by atoms with E-state index in [0.717, 1.165) is 11.3 Å². The van der Waals surface area contributed by atoms with Crippen LogP contribution in [0.3, 0.4) is 0 Å². The van der Waals surface area contributed by atoms with Crippen molar-refractivity contribution < 1.29 is 4.52 Å². The van der Waals surface area contributed by atoms with Crippen LogP contribution in [0.15, 0.2) is 22.7 Å². The summed E-state index contributed by atoms with van der Waals surface area (Å²) >= 11 is 0. The number of nitrogens with zero attached hydrogens (tertiary/aromatic N) is 1. The van der Waals surface area contributed by atoms with E-state index in [1.54, 1.807) is 6.07 Å². The van der Waals surface area contributed by atoms with Gasteiger partial charge in [0.2, 0.25) is 5.88 Å². The summed E-state index contributed by atoms with van der Waals surface area (Å²) in [5.41, 5.74) is 11.1. The number of aryl methyl sites for hydroxylation is 3. The van der Waals surface area contributed by atoms with Gasteiger partial charge in [-0.1, -0.05) is 22.9 Å². The van der Waals surface area contributed by atoms with E-state index in [1.165, 1.54) is 16.7 Å². The van der Waals surface area contributed by atoms with Crippen LogP contribution in [0.1, 0.15) is 16.7 Å². The Hall–Kier alpha value is -1.77. The maximum atomic E-state index is 5.52. The first-order chi connectivity index (χ1) is 7.08. The molecule has 1 heterocycles. The predicted octanol–water partition coefficient (Wildman–Crippen LogP) is 2.85. The lowest BCUT2D eigenvalue weighted by Crippen LogP contribution is -1.89. The van der Waals surface area contributed by atoms with Crippen molar-refractivity contribution in [2.45, 2.75) is 20.8 Å². The number of nitrogens with two attached hydrogens (primary N) is 1. The van der Waals surface area contributed by atoms with Gasteiger partial charge in [0.25, 0.3) is 0 Å². The number of benzene rings is 1. The van der Waals surface area contributed by atoms with Crippen LogP contribution in [0.2, 0.25) is 0 Å². The average Bonchev–Trinajstić information content (AvgIpc) is 2.49. The van der Waals surface area contributed by atoms with Crippen molar-refractivity contribution in [3.8, 4) is 11.3 Å². The van der Waals surface area contributed by atoms with E-state index in [4.69, 9.17) is 10.3 Å². The minimum Gasteiger partial charge on any atom is -0.368 e. The van der Waals surface area contributed by atoms with E-state index in [2.05, 4.69) is 38.1 Å². The molecule has 0 saturated carbocycles. The molecule has 0 saturated heterocycles. The van der Waals surface area contributed by atoms with Crippen molar-refractivity contribution in [2.24, 2.45) is 0 Å². The Bertz CT molecular complexity index is 477. The highest BCUT2D eigenvalue weighted by molar-refractivity contribution is 5.69. The molecule has 0 aliphatic carbocycles. The highest BCUT2D eigenvalue weighted by Gasteiger charge is 2.10. The summed E-state index contributed by atoms with van der Waals surface area (Å²) in [7, 11) is 0. The molecule has 0 radical (unpaired) electrons. The SMILES string of the molecule is Cc1cc(C)c(-c2cc(N)on2)c(C)c1. The third kappa shape index (κ3) is 1.73. The Labute approximate surface area is 88.9 Å². The van der Waals surface area contributed by atoms with Crippen LogP contribution in [-0.4, -0.2) is 5.16 Å². The Morgan fingerprint density at radius 1 is 1.07 bits per heavy atom. The fourth-order valence-electron chi connectivity index (χ4n) is 1.99. The van der Waals surface area contributed by atoms with Crippen molar-refractivity contribution in [2.75, 3.05) is 5.73 Å². The first-order valence-electron chi connectivity index (χ1n) is 4.88. The minimum atomic E-state index is 0.351. The molecule has 1 aromatic carbocycles. The van der Waals surface area contributed by atoms with Gasteiger partial charge in [-0.2, -0.15) is 0 Å². The molecule has 3 heteroatoms. The van der Waals surface area contributed by atoms with Gasteiger partial charge in [-0.25, -0.2) is 0 Å². The molecule has 0 aliphatic heterocycles. The topological polar surface area (TPSA) is 52.0 Å². The third-order valence-corrected chi connectivity index (χ3v) is 2.46. The van der Waals surface area contributed by atoms with Gasteiger partial charge >= 0.3 is 0 Å². The summed E-state index contributed by atoms with van der Waals surface area (Å²) in [6.07, 6.45) is 0. The number of nitrogen functional groups attached to an aromatic ring is 1. The summed E-state index contributed by atoms with van der Waals surface area (Å²) in [5, 5.41) is 3.94. The summed E-state index contributed by atoms with van der Waals surface area (Å²) in [6, 6.07) is 6.02. The smallest absolute Gasteiger partial charge is 0.222 e. The molecule has 0 spiro atoms. The van der Waals surface area contributed by atoms with E-state index in [-0.39, 0.29) is 0 Å². The second kappa shape index (κ2) is 3.42. The molecule has 3 nitrogen and oxygen atoms in total. The van der Waals surface area contributed by atoms with Crippen molar-refractivity contribution in [1.82, 2.24) is 5.16 Å². The molecular weight excluding hydrogens is 188 g/mol. The van der Waals surface area contributed by atoms with Crippen LogP contribution in [0.25, 0.3) is 11.3 Å². The lowest BCUT2D eigenvalue weighted by atomic mass is 9.97. The Kier molecular flexibility index (Phi) is 2.23. The van der Waals surface area contributed by atoms with Gasteiger partial charge in [0.1, 0.15) is 5.69 Å². The Morgan fingerprint density at radius 2 is 1.67 bits per heavy atom. The zero-order valence-corrected chi connectivity index (χ0v) is 9.16. The fourth-order valence-corrected chi connectivity index (χ4v) is 1.99. The van der Waals surface area contributed by atoms with E-state index >= 15 is 0 Å². The van der Waals surface area contributed by atoms with Crippen LogP contribution in [-0.2, 0) is 0 Å². The molecule has 0 unspecified atom stereocenters. The van der Waals surface area contributed by atoms with Crippen LogP contribution in [0.4, 0.5) is 5.88 Å². The van der Waals surface area contributed by atoms with Crippen LogP contribution in [0.5, 0.6) is 0 Å². The maximum Gasteiger partial charge on any atom is 0.222 e. The van der Waals surface area contributed by atoms with Gasteiger partial charge in [-0.05, 0) is 31.9 Å². The van der Waals surface area contributed by atoms with Gasteiger partial charge < -0.3 is 10.3 Å². The number of rotatable bonds is 1. The predicted molar refractivity (Wildman–Crippen MR) is 60.6 cm³/mol. The quantitative estimate of drug-likeness (QED) is 0.773. The summed E-state index contributed by atoms with van der Waals surface area (Å²) in [6.45, 7) is 6.22. The van der Waals surface area contributed by atoms with Crippen molar-refractivity contribution in [3.05, 3.63) is 34.9 Å². The maximum absolute atomic E-state index is 5.52. The normalized spacial score (nSPS) is 10.6. The highest BCUT2D eigenvalue weighted by Crippen LogP contribution is 2.28. The first kappa shape index (κ1) is 9.77. The van der Waals surface area contributed by atoms with Crippen LogP contribution < -0.4 is 5.73 Å². The largest absolute Gasteiger partial charge is 0.368 e. The van der Waals surface area contributed by atoms with Gasteiger partial charge in [0.05, 0.1) is 0 Å². The Morgan fingerprint density at radius 3 is 2.13 bits per heavy atom. The first-order valence-corrected chi connectivity index (χ1v) is 4.88. The fraction of sp³-hybridized carbons (Fsp3) is 0.250. The molecular formula is C12H14N2O. The number of hydrogen-bond donors (Lipinski definition) is 1. The van der Waals surface area contributed by atoms with E-state index in [9.17, 15) is 0 Å². The zero-order chi connectivity index (χ0) is 11.0. The lowest BCUT2D eigenvalue weighted by Gasteiger charge is -2.07. The summed E-state index contributed by atoms with van der Waals surface area (Å²) < 4.78 is 4.89. The molecule has 15 heavy (non-hydrogen) atoms. The van der Waals surface area contributed by atoms with Gasteiger partial charge in [-0.3, -0.25) is 0 Å². The van der Waals surface area contributed by atoms with Gasteiger partial charge in [0, 0.05) is 11.6 Å². The summed E-state index contributed by atoms with van der Waals surface area (Å²) in [5.74, 6) is 0.351. The monoisotopic (exact) mass is 202 g/mol. The highest BCUT2D eigenvalue weighted by atomic mass is 16.5. The number of anilines is 1. The van der Waals surface area contributed by atoms with Crippen molar-refractivity contribution in [1.29, 1.82) is 0 Å². The molecule has 0 amide bonds. The minimum absolute atomic E-state index is 0.351. The van der Waals surface area contributed by atoms with Crippen LogP contribution >= 0.6 is 0 Å². The molecule has 2 rings (SSSR count). The summed E-state index contributed by atoms with van der Waals surface area (Å²) in [4.78, 5) is 0. The molecule has 2 aromatic rings. The molecule has 78 valence electrons. The van der Waals surface area contributed by atoms with E-state index in [1.807, 2.05) is 0 Å². The lowest BCUT2D eigenvalue weighted by molar-refractivity contribution is 0.439. The standard InChI is InChI=1S/C12H14N2O/c1-7-4-8(2)12(9(3)5-7)10-6-11(13)15-14-10/h4-6H,13H2,1-3H3. The van der Waals surface area contributed by atoms with Gasteiger partial charge in [-0.15, -0.1) is 0 Å². The second-order valence-corrected chi connectivity index (χ2v) is 3.89. The number of aromatic nitrogens is 1. The molecule has 0 atom stereocenters. The molecule has 0 bridgehead atoms. The molecule has 0 aliphatic rings.